The van der Waals surface area contributed by atoms with Crippen LogP contribution in [0.5, 0.6) is 17.4 Å². The van der Waals surface area contributed by atoms with Gasteiger partial charge in [0.2, 0.25) is 5.88 Å². The minimum Gasteiger partial charge on any atom is -0.493 e. The first-order valence-electron chi connectivity index (χ1n) is 10.8. The second-order valence-electron chi connectivity index (χ2n) is 7.74. The predicted molar refractivity (Wildman–Crippen MR) is 119 cm³/mol. The summed E-state index contributed by atoms with van der Waals surface area (Å²) < 4.78 is 11.2. The largest absolute Gasteiger partial charge is 0.493 e. The molecule has 1 amide bonds. The van der Waals surface area contributed by atoms with Crippen LogP contribution in [0.4, 0.5) is 0 Å². The van der Waals surface area contributed by atoms with Crippen LogP contribution in [0.15, 0.2) is 60.9 Å². The molecule has 6 heteroatoms. The number of ether oxygens (including phenoxy) is 2. The van der Waals surface area contributed by atoms with Crippen molar-refractivity contribution in [3.05, 3.63) is 66.5 Å². The SMILES string of the molecule is COc1ccccc1Oc1cc(-c2cccc(C(=O)NC3CCCCCC3)c2)ncn1. The van der Waals surface area contributed by atoms with Gasteiger partial charge in [0.1, 0.15) is 6.33 Å². The molecule has 6 nitrogen and oxygen atoms in total. The Morgan fingerprint density at radius 1 is 0.935 bits per heavy atom. The molecule has 2 aromatic carbocycles. The summed E-state index contributed by atoms with van der Waals surface area (Å²) >= 11 is 0. The van der Waals surface area contributed by atoms with Crippen molar-refractivity contribution in [1.82, 2.24) is 15.3 Å². The number of nitrogens with zero attached hydrogens (tertiary/aromatic N) is 2. The Hall–Kier alpha value is -3.41. The van der Waals surface area contributed by atoms with E-state index in [2.05, 4.69) is 15.3 Å². The molecule has 1 aliphatic rings. The second kappa shape index (κ2) is 10.1. The lowest BCUT2D eigenvalue weighted by molar-refractivity contribution is 0.0933. The van der Waals surface area contributed by atoms with Gasteiger partial charge < -0.3 is 14.8 Å². The van der Waals surface area contributed by atoms with E-state index in [1.165, 1.54) is 32.0 Å². The van der Waals surface area contributed by atoms with Crippen molar-refractivity contribution in [2.75, 3.05) is 7.11 Å². The highest BCUT2D eigenvalue weighted by Gasteiger charge is 2.16. The first kappa shape index (κ1) is 20.8. The number of nitrogens with one attached hydrogen (secondary N) is 1. The fourth-order valence-electron chi connectivity index (χ4n) is 3.88. The Labute approximate surface area is 182 Å². The Morgan fingerprint density at radius 3 is 2.48 bits per heavy atom. The van der Waals surface area contributed by atoms with Crippen LogP contribution in [0.25, 0.3) is 11.3 Å². The highest BCUT2D eigenvalue weighted by Crippen LogP contribution is 2.31. The smallest absolute Gasteiger partial charge is 0.251 e. The molecular weight excluding hydrogens is 390 g/mol. The zero-order valence-electron chi connectivity index (χ0n) is 17.7. The van der Waals surface area contributed by atoms with Crippen LogP contribution in [0.1, 0.15) is 48.9 Å². The first-order chi connectivity index (χ1) is 15.2. The molecule has 31 heavy (non-hydrogen) atoms. The van der Waals surface area contributed by atoms with Gasteiger partial charge in [-0.1, -0.05) is 49.9 Å². The van der Waals surface area contributed by atoms with Gasteiger partial charge in [-0.2, -0.15) is 0 Å². The molecule has 1 heterocycles. The van der Waals surface area contributed by atoms with Gasteiger partial charge in [0.15, 0.2) is 11.5 Å². The number of para-hydroxylation sites is 2. The number of rotatable bonds is 6. The van der Waals surface area contributed by atoms with Gasteiger partial charge in [-0.3, -0.25) is 4.79 Å². The minimum atomic E-state index is -0.0340. The van der Waals surface area contributed by atoms with Crippen molar-refractivity contribution >= 4 is 5.91 Å². The quantitative estimate of drug-likeness (QED) is 0.544. The lowest BCUT2D eigenvalue weighted by Crippen LogP contribution is -2.34. The van der Waals surface area contributed by atoms with Gasteiger partial charge in [-0.25, -0.2) is 9.97 Å². The van der Waals surface area contributed by atoms with Crippen LogP contribution in [0, 0.1) is 0 Å². The van der Waals surface area contributed by atoms with Gasteiger partial charge in [0.25, 0.3) is 5.91 Å². The number of hydrogen-bond donors (Lipinski definition) is 1. The van der Waals surface area contributed by atoms with Crippen LogP contribution in [-0.2, 0) is 0 Å². The fourth-order valence-corrected chi connectivity index (χ4v) is 3.88. The summed E-state index contributed by atoms with van der Waals surface area (Å²) in [7, 11) is 1.60. The van der Waals surface area contributed by atoms with Crippen LogP contribution >= 0.6 is 0 Å². The highest BCUT2D eigenvalue weighted by atomic mass is 16.5. The topological polar surface area (TPSA) is 73.3 Å². The lowest BCUT2D eigenvalue weighted by Gasteiger charge is -2.16. The van der Waals surface area contributed by atoms with Gasteiger partial charge in [-0.15, -0.1) is 0 Å². The summed E-state index contributed by atoms with van der Waals surface area (Å²) in [6, 6.07) is 16.9. The number of carbonyl (C=O) groups is 1. The Kier molecular flexibility index (Phi) is 6.77. The van der Waals surface area contributed by atoms with Gasteiger partial charge in [0.05, 0.1) is 12.8 Å². The Bertz CT molecular complexity index is 1030. The van der Waals surface area contributed by atoms with Crippen molar-refractivity contribution in [3.63, 3.8) is 0 Å². The summed E-state index contributed by atoms with van der Waals surface area (Å²) in [5.41, 5.74) is 2.15. The number of methoxy groups -OCH3 is 1. The van der Waals surface area contributed by atoms with E-state index in [-0.39, 0.29) is 11.9 Å². The molecule has 1 fully saturated rings. The van der Waals surface area contributed by atoms with E-state index in [9.17, 15) is 4.79 Å². The molecule has 0 radical (unpaired) electrons. The summed E-state index contributed by atoms with van der Waals surface area (Å²) in [6.07, 6.45) is 8.45. The summed E-state index contributed by atoms with van der Waals surface area (Å²) in [5.74, 6) is 1.57. The number of benzene rings is 2. The molecule has 0 spiro atoms. The third kappa shape index (κ3) is 5.40. The van der Waals surface area contributed by atoms with E-state index in [1.54, 1.807) is 13.2 Å². The molecule has 1 saturated carbocycles. The standard InChI is InChI=1S/C25H27N3O3/c1-30-22-13-6-7-14-23(22)31-24-16-21(26-17-27-24)18-9-8-10-19(15-18)25(29)28-20-11-4-2-3-5-12-20/h6-10,13-17,20H,2-5,11-12H2,1H3,(H,28,29). The van der Waals surface area contributed by atoms with Crippen molar-refractivity contribution in [1.29, 1.82) is 0 Å². The zero-order valence-corrected chi connectivity index (χ0v) is 17.7. The first-order valence-corrected chi connectivity index (χ1v) is 10.8. The van der Waals surface area contributed by atoms with Crippen LogP contribution < -0.4 is 14.8 Å². The van der Waals surface area contributed by atoms with E-state index < -0.39 is 0 Å². The van der Waals surface area contributed by atoms with Crippen molar-refractivity contribution < 1.29 is 14.3 Å². The average Bonchev–Trinajstić information content (AvgIpc) is 3.08. The third-order valence-corrected chi connectivity index (χ3v) is 5.54. The zero-order chi connectivity index (χ0) is 21.5. The predicted octanol–water partition coefficient (Wildman–Crippen LogP) is 5.40. The highest BCUT2D eigenvalue weighted by molar-refractivity contribution is 5.95. The second-order valence-corrected chi connectivity index (χ2v) is 7.74. The molecule has 0 saturated heterocycles. The molecule has 0 atom stereocenters. The molecule has 1 aromatic heterocycles. The van der Waals surface area contributed by atoms with Crippen LogP contribution in [-0.4, -0.2) is 29.0 Å². The monoisotopic (exact) mass is 417 g/mol. The normalized spacial score (nSPS) is 14.5. The molecule has 4 rings (SSSR count). The fraction of sp³-hybridized carbons (Fsp3) is 0.320. The van der Waals surface area contributed by atoms with E-state index in [4.69, 9.17) is 9.47 Å². The summed E-state index contributed by atoms with van der Waals surface area (Å²) in [4.78, 5) is 21.4. The molecular formula is C25H27N3O3. The van der Waals surface area contributed by atoms with Gasteiger partial charge >= 0.3 is 0 Å². The Morgan fingerprint density at radius 2 is 1.71 bits per heavy atom. The van der Waals surface area contributed by atoms with E-state index >= 15 is 0 Å². The summed E-state index contributed by atoms with van der Waals surface area (Å²) in [5, 5.41) is 3.20. The minimum absolute atomic E-state index is 0.0340. The van der Waals surface area contributed by atoms with E-state index in [0.717, 1.165) is 18.4 Å². The van der Waals surface area contributed by atoms with Crippen LogP contribution in [0.3, 0.4) is 0 Å². The van der Waals surface area contributed by atoms with E-state index in [0.29, 0.717) is 28.6 Å². The van der Waals surface area contributed by atoms with Crippen LogP contribution in [0.2, 0.25) is 0 Å². The van der Waals surface area contributed by atoms with Crippen molar-refractivity contribution in [2.45, 2.75) is 44.6 Å². The molecule has 160 valence electrons. The molecule has 1 N–H and O–H groups in total. The molecule has 0 aliphatic heterocycles. The third-order valence-electron chi connectivity index (χ3n) is 5.54. The van der Waals surface area contributed by atoms with Crippen molar-refractivity contribution in [3.8, 4) is 28.6 Å². The molecule has 0 bridgehead atoms. The maximum Gasteiger partial charge on any atom is 0.251 e. The van der Waals surface area contributed by atoms with Crippen molar-refractivity contribution in [2.24, 2.45) is 0 Å². The lowest BCUT2D eigenvalue weighted by atomic mass is 10.1. The van der Waals surface area contributed by atoms with Gasteiger partial charge in [-0.05, 0) is 37.1 Å². The summed E-state index contributed by atoms with van der Waals surface area (Å²) in [6.45, 7) is 0. The average molecular weight is 418 g/mol. The number of aromatic nitrogens is 2. The van der Waals surface area contributed by atoms with Gasteiger partial charge in [0, 0.05) is 23.2 Å². The molecule has 1 aliphatic carbocycles. The molecule has 0 unspecified atom stereocenters. The number of amides is 1. The number of carbonyl (C=O) groups excluding carboxylic acids is 1. The number of hydrogen-bond acceptors (Lipinski definition) is 5. The molecule has 3 aromatic rings. The maximum atomic E-state index is 12.8. The maximum absolute atomic E-state index is 12.8. The van der Waals surface area contributed by atoms with E-state index in [1.807, 2.05) is 48.5 Å². The Balaban J connectivity index is 1.51.